The first-order chi connectivity index (χ1) is 9.12. The quantitative estimate of drug-likeness (QED) is 0.870. The lowest BCUT2D eigenvalue weighted by Gasteiger charge is -2.36. The Balaban J connectivity index is 1.67. The molecular weight excluding hydrogens is 278 g/mol. The molecule has 1 aliphatic rings. The Kier molecular flexibility index (Phi) is 3.64. The molecule has 0 aliphatic carbocycles. The Morgan fingerprint density at radius 1 is 1.42 bits per heavy atom. The third-order valence-electron chi connectivity index (χ3n) is 3.06. The van der Waals surface area contributed by atoms with Crippen molar-refractivity contribution in [1.29, 1.82) is 0 Å². The monoisotopic (exact) mass is 295 g/mol. The van der Waals surface area contributed by atoms with E-state index in [4.69, 9.17) is 4.42 Å². The van der Waals surface area contributed by atoms with Crippen molar-refractivity contribution >= 4 is 23.1 Å². The van der Waals surface area contributed by atoms with Gasteiger partial charge in [0.05, 0.1) is 11.4 Å². The minimum atomic E-state index is 0.314. The number of hydrogen-bond donors (Lipinski definition) is 0. The van der Waals surface area contributed by atoms with Gasteiger partial charge >= 0.3 is 0 Å². The molecule has 0 aromatic carbocycles. The fourth-order valence-corrected chi connectivity index (χ4v) is 4.08. The van der Waals surface area contributed by atoms with Crippen molar-refractivity contribution in [1.82, 2.24) is 15.1 Å². The van der Waals surface area contributed by atoms with Gasteiger partial charge in [0.25, 0.3) is 5.89 Å². The van der Waals surface area contributed by atoms with Crippen LogP contribution in [0.3, 0.4) is 0 Å². The van der Waals surface area contributed by atoms with Crippen molar-refractivity contribution < 1.29 is 4.42 Å². The van der Waals surface area contributed by atoms with Gasteiger partial charge in [-0.05, 0) is 25.3 Å². The summed E-state index contributed by atoms with van der Waals surface area (Å²) >= 11 is 3.65. The molecular formula is C13H17N3OS2. The van der Waals surface area contributed by atoms with E-state index in [1.165, 1.54) is 5.75 Å². The molecule has 0 atom stereocenters. The van der Waals surface area contributed by atoms with E-state index in [0.29, 0.717) is 16.5 Å². The maximum atomic E-state index is 5.74. The first-order valence-corrected chi connectivity index (χ1v) is 8.21. The smallest absolute Gasteiger partial charge is 0.257 e. The van der Waals surface area contributed by atoms with Gasteiger partial charge < -0.3 is 4.42 Å². The maximum Gasteiger partial charge on any atom is 0.257 e. The highest BCUT2D eigenvalue weighted by atomic mass is 32.2. The molecule has 1 saturated heterocycles. The average molecular weight is 295 g/mol. The molecule has 102 valence electrons. The molecule has 0 spiro atoms. The second kappa shape index (κ2) is 5.26. The van der Waals surface area contributed by atoms with E-state index in [2.05, 4.69) is 28.9 Å². The van der Waals surface area contributed by atoms with Crippen LogP contribution in [0.15, 0.2) is 21.9 Å². The van der Waals surface area contributed by atoms with Crippen LogP contribution >= 0.6 is 23.1 Å². The Hall–Kier alpha value is -0.850. The van der Waals surface area contributed by atoms with Gasteiger partial charge in [0.1, 0.15) is 0 Å². The first-order valence-electron chi connectivity index (χ1n) is 6.35. The molecule has 0 unspecified atom stereocenters. The summed E-state index contributed by atoms with van der Waals surface area (Å²) in [4.78, 5) is 3.43. The summed E-state index contributed by atoms with van der Waals surface area (Å²) < 4.78 is 6.05. The van der Waals surface area contributed by atoms with Gasteiger partial charge in [0.15, 0.2) is 0 Å². The first kappa shape index (κ1) is 13.1. The van der Waals surface area contributed by atoms with Crippen LogP contribution in [0.1, 0.15) is 19.7 Å². The standard InChI is InChI=1S/C13H17N3OS2/c1-13(2)9-16(5-7-19-13)8-11-14-15-12(17-11)10-4-3-6-18-10/h3-4,6H,5,7-9H2,1-2H3. The van der Waals surface area contributed by atoms with Gasteiger partial charge in [-0.2, -0.15) is 11.8 Å². The molecule has 2 aromatic heterocycles. The highest BCUT2D eigenvalue weighted by Gasteiger charge is 2.27. The molecule has 6 heteroatoms. The molecule has 0 amide bonds. The van der Waals surface area contributed by atoms with Crippen molar-refractivity contribution in [3.05, 3.63) is 23.4 Å². The number of hydrogen-bond acceptors (Lipinski definition) is 6. The summed E-state index contributed by atoms with van der Waals surface area (Å²) in [5.74, 6) is 2.51. The SMILES string of the molecule is CC1(C)CN(Cc2nnc(-c3cccs3)o2)CCS1. The topological polar surface area (TPSA) is 42.2 Å². The minimum absolute atomic E-state index is 0.314. The number of thioether (sulfide) groups is 1. The van der Waals surface area contributed by atoms with E-state index in [1.807, 2.05) is 29.3 Å². The minimum Gasteiger partial charge on any atom is -0.419 e. The van der Waals surface area contributed by atoms with Gasteiger partial charge in [-0.3, -0.25) is 4.90 Å². The van der Waals surface area contributed by atoms with E-state index in [9.17, 15) is 0 Å². The molecule has 1 aliphatic heterocycles. The van der Waals surface area contributed by atoms with Crippen LogP contribution in [0.4, 0.5) is 0 Å². The van der Waals surface area contributed by atoms with Gasteiger partial charge in [-0.25, -0.2) is 0 Å². The fraction of sp³-hybridized carbons (Fsp3) is 0.538. The third kappa shape index (κ3) is 3.19. The molecule has 1 fully saturated rings. The van der Waals surface area contributed by atoms with Crippen LogP contribution in [0.25, 0.3) is 10.8 Å². The predicted octanol–water partition coefficient (Wildman–Crippen LogP) is 3.13. The number of thiophene rings is 1. The highest BCUT2D eigenvalue weighted by Crippen LogP contribution is 2.30. The third-order valence-corrected chi connectivity index (χ3v) is 5.22. The molecule has 2 aromatic rings. The highest BCUT2D eigenvalue weighted by molar-refractivity contribution is 8.00. The summed E-state index contributed by atoms with van der Waals surface area (Å²) in [6.07, 6.45) is 0. The predicted molar refractivity (Wildman–Crippen MR) is 79.4 cm³/mol. The lowest BCUT2D eigenvalue weighted by atomic mass is 10.2. The van der Waals surface area contributed by atoms with Crippen LogP contribution in [0.5, 0.6) is 0 Å². The van der Waals surface area contributed by atoms with Crippen molar-refractivity contribution in [3.8, 4) is 10.8 Å². The molecule has 0 saturated carbocycles. The van der Waals surface area contributed by atoms with Gasteiger partial charge in [0.2, 0.25) is 5.89 Å². The van der Waals surface area contributed by atoms with Crippen molar-refractivity contribution in [2.24, 2.45) is 0 Å². The number of nitrogens with zero attached hydrogens (tertiary/aromatic N) is 3. The van der Waals surface area contributed by atoms with E-state index in [1.54, 1.807) is 11.3 Å². The molecule has 0 N–H and O–H groups in total. The largest absolute Gasteiger partial charge is 0.419 e. The fourth-order valence-electron chi connectivity index (χ4n) is 2.26. The van der Waals surface area contributed by atoms with Gasteiger partial charge in [-0.15, -0.1) is 21.5 Å². The Bertz CT molecular complexity index is 536. The second-order valence-electron chi connectivity index (χ2n) is 5.30. The van der Waals surface area contributed by atoms with Gasteiger partial charge in [-0.1, -0.05) is 6.07 Å². The van der Waals surface area contributed by atoms with E-state index in [-0.39, 0.29) is 0 Å². The van der Waals surface area contributed by atoms with E-state index in [0.717, 1.165) is 24.5 Å². The Morgan fingerprint density at radius 3 is 3.05 bits per heavy atom. The molecule has 0 bridgehead atoms. The lowest BCUT2D eigenvalue weighted by molar-refractivity contribution is 0.229. The van der Waals surface area contributed by atoms with E-state index < -0.39 is 0 Å². The van der Waals surface area contributed by atoms with Crippen molar-refractivity contribution in [3.63, 3.8) is 0 Å². The van der Waals surface area contributed by atoms with Crippen LogP contribution in [0.2, 0.25) is 0 Å². The lowest BCUT2D eigenvalue weighted by Crippen LogP contribution is -2.42. The van der Waals surface area contributed by atoms with Gasteiger partial charge in [0, 0.05) is 23.6 Å². The summed E-state index contributed by atoms with van der Waals surface area (Å²) in [6, 6.07) is 4.00. The van der Waals surface area contributed by atoms with Crippen LogP contribution < -0.4 is 0 Å². The molecule has 0 radical (unpaired) electrons. The maximum absolute atomic E-state index is 5.74. The Labute approximate surface area is 121 Å². The normalized spacial score (nSPS) is 19.7. The summed E-state index contributed by atoms with van der Waals surface area (Å²) in [5, 5.41) is 10.3. The van der Waals surface area contributed by atoms with Crippen molar-refractivity contribution in [2.45, 2.75) is 25.1 Å². The molecule has 4 nitrogen and oxygen atoms in total. The summed E-state index contributed by atoms with van der Waals surface area (Å²) in [5.41, 5.74) is 0. The second-order valence-corrected chi connectivity index (χ2v) is 8.05. The van der Waals surface area contributed by atoms with Crippen LogP contribution in [-0.2, 0) is 6.54 Å². The zero-order chi connectivity index (χ0) is 13.3. The van der Waals surface area contributed by atoms with Crippen molar-refractivity contribution in [2.75, 3.05) is 18.8 Å². The average Bonchev–Trinajstić information content (AvgIpc) is 2.96. The zero-order valence-corrected chi connectivity index (χ0v) is 12.8. The van der Waals surface area contributed by atoms with Crippen LogP contribution in [-0.4, -0.2) is 38.7 Å². The number of aromatic nitrogens is 2. The summed E-state index contributed by atoms with van der Waals surface area (Å²) in [7, 11) is 0. The molecule has 3 rings (SSSR count). The molecule has 3 heterocycles. The molecule has 19 heavy (non-hydrogen) atoms. The summed E-state index contributed by atoms with van der Waals surface area (Å²) in [6.45, 7) is 7.48. The zero-order valence-electron chi connectivity index (χ0n) is 11.1. The van der Waals surface area contributed by atoms with E-state index >= 15 is 0 Å². The Morgan fingerprint density at radius 2 is 2.32 bits per heavy atom. The van der Waals surface area contributed by atoms with Crippen LogP contribution in [0, 0.1) is 0 Å². The number of rotatable bonds is 3.